The van der Waals surface area contributed by atoms with Gasteiger partial charge in [0.05, 0.1) is 11.5 Å². The van der Waals surface area contributed by atoms with Crippen LogP contribution < -0.4 is 0 Å². The van der Waals surface area contributed by atoms with Gasteiger partial charge in [-0.15, -0.1) is 0 Å². The fraction of sp³-hybridized carbons (Fsp3) is 0.462. The predicted molar refractivity (Wildman–Crippen MR) is 68.3 cm³/mol. The lowest BCUT2D eigenvalue weighted by atomic mass is 9.84. The average molecular weight is 254 g/mol. The molecule has 0 amide bonds. The summed E-state index contributed by atoms with van der Waals surface area (Å²) in [7, 11) is 0. The Morgan fingerprint density at radius 3 is 2.53 bits per heavy atom. The summed E-state index contributed by atoms with van der Waals surface area (Å²) in [6.45, 7) is 5.65. The number of nitrogens with zero attached hydrogens (tertiary/aromatic N) is 1. The lowest BCUT2D eigenvalue weighted by Gasteiger charge is -2.35. The van der Waals surface area contributed by atoms with Gasteiger partial charge in [-0.1, -0.05) is 23.7 Å². The fourth-order valence-electron chi connectivity index (χ4n) is 2.15. The van der Waals surface area contributed by atoms with Crippen LogP contribution in [0.3, 0.4) is 0 Å². The van der Waals surface area contributed by atoms with Gasteiger partial charge < -0.3 is 4.84 Å². The maximum Gasteiger partial charge on any atom is 0.226 e. The van der Waals surface area contributed by atoms with Gasteiger partial charge in [0.15, 0.2) is 0 Å². The molecule has 1 aliphatic rings. The number of benzene rings is 1. The highest BCUT2D eigenvalue weighted by molar-refractivity contribution is 6.30. The second-order valence-corrected chi connectivity index (χ2v) is 5.49. The van der Waals surface area contributed by atoms with E-state index in [9.17, 15) is 5.21 Å². The van der Waals surface area contributed by atoms with Gasteiger partial charge in [-0.3, -0.25) is 5.21 Å². The van der Waals surface area contributed by atoms with Crippen molar-refractivity contribution >= 4 is 17.3 Å². The van der Waals surface area contributed by atoms with Crippen LogP contribution in [0.2, 0.25) is 5.02 Å². The minimum absolute atomic E-state index is 0.0912. The van der Waals surface area contributed by atoms with Crippen molar-refractivity contribution in [2.24, 2.45) is 0 Å². The van der Waals surface area contributed by atoms with Crippen molar-refractivity contribution in [3.05, 3.63) is 40.1 Å². The van der Waals surface area contributed by atoms with Crippen LogP contribution in [0.1, 0.15) is 38.7 Å². The molecule has 0 aliphatic carbocycles. The van der Waals surface area contributed by atoms with E-state index in [0.29, 0.717) is 15.6 Å². The average Bonchev–Trinajstić information content (AvgIpc) is 2.24. The summed E-state index contributed by atoms with van der Waals surface area (Å²) in [6.07, 6.45) is 0.791. The van der Waals surface area contributed by atoms with E-state index in [4.69, 9.17) is 16.4 Å². The zero-order valence-electron chi connectivity index (χ0n) is 10.2. The van der Waals surface area contributed by atoms with Crippen molar-refractivity contribution < 1.29 is 9.74 Å². The molecular weight excluding hydrogens is 238 g/mol. The van der Waals surface area contributed by atoms with Gasteiger partial charge in [0.1, 0.15) is 0 Å². The number of halogens is 1. The molecule has 1 heterocycles. The molecule has 0 saturated heterocycles. The molecule has 2 rings (SSSR count). The van der Waals surface area contributed by atoms with Gasteiger partial charge >= 0.3 is 0 Å². The molecule has 0 bridgehead atoms. The predicted octanol–water partition coefficient (Wildman–Crippen LogP) is 3.51. The zero-order valence-corrected chi connectivity index (χ0v) is 11.0. The van der Waals surface area contributed by atoms with Crippen LogP contribution in [-0.4, -0.2) is 16.2 Å². The van der Waals surface area contributed by atoms with Crippen LogP contribution in [0.15, 0.2) is 24.3 Å². The first-order valence-corrected chi connectivity index (χ1v) is 6.02. The van der Waals surface area contributed by atoms with Gasteiger partial charge in [0.2, 0.25) is 5.71 Å². The molecule has 92 valence electrons. The van der Waals surface area contributed by atoms with Crippen LogP contribution in [0.4, 0.5) is 0 Å². The smallest absolute Gasteiger partial charge is 0.226 e. The molecule has 1 atom stereocenters. The van der Waals surface area contributed by atoms with Crippen LogP contribution in [-0.2, 0) is 4.84 Å². The summed E-state index contributed by atoms with van der Waals surface area (Å²) in [5.41, 5.74) is 1.35. The molecule has 0 aromatic heterocycles. The van der Waals surface area contributed by atoms with Gasteiger partial charge in [-0.2, -0.15) is 0 Å². The monoisotopic (exact) mass is 253 g/mol. The van der Waals surface area contributed by atoms with E-state index in [1.54, 1.807) is 0 Å². The Labute approximate surface area is 106 Å². The number of hydrogen-bond acceptors (Lipinski definition) is 2. The summed E-state index contributed by atoms with van der Waals surface area (Å²) in [5, 5.41) is 12.4. The highest BCUT2D eigenvalue weighted by Crippen LogP contribution is 2.33. The summed E-state index contributed by atoms with van der Waals surface area (Å²) in [4.78, 5) is 5.92. The molecule has 1 aromatic rings. The Morgan fingerprint density at radius 1 is 1.35 bits per heavy atom. The van der Waals surface area contributed by atoms with Gasteiger partial charge in [-0.25, -0.2) is 0 Å². The Hall–Kier alpha value is -1.22. The summed E-state index contributed by atoms with van der Waals surface area (Å²) in [6, 6.07) is 7.63. The lowest BCUT2D eigenvalue weighted by Crippen LogP contribution is -2.40. The normalized spacial score (nSPS) is 23.4. The van der Waals surface area contributed by atoms with Crippen LogP contribution >= 0.6 is 11.6 Å². The molecule has 1 aromatic carbocycles. The van der Waals surface area contributed by atoms with Gasteiger partial charge in [0.25, 0.3) is 0 Å². The second-order valence-electron chi connectivity index (χ2n) is 5.06. The van der Waals surface area contributed by atoms with E-state index in [-0.39, 0.29) is 5.92 Å². The van der Waals surface area contributed by atoms with Crippen molar-refractivity contribution in [2.75, 3.05) is 0 Å². The maximum atomic E-state index is 11.7. The Bertz CT molecular complexity index is 451. The molecule has 0 saturated carbocycles. The second kappa shape index (κ2) is 4.22. The van der Waals surface area contributed by atoms with Crippen molar-refractivity contribution in [2.45, 2.75) is 38.7 Å². The number of hydrogen-bond donors (Lipinski definition) is 0. The van der Waals surface area contributed by atoms with Gasteiger partial charge in [-0.05, 0) is 38.0 Å². The SMILES string of the molecule is CC1=[N+]([O-])OC(C)(C)CC1c1ccc(Cl)cc1. The third-order valence-electron chi connectivity index (χ3n) is 3.09. The number of rotatable bonds is 1. The molecular formula is C13H16ClNO2. The molecule has 0 radical (unpaired) electrons. The Kier molecular flexibility index (Phi) is 3.04. The lowest BCUT2D eigenvalue weighted by molar-refractivity contribution is -0.770. The van der Waals surface area contributed by atoms with E-state index in [0.717, 1.165) is 12.0 Å². The van der Waals surface area contributed by atoms with Crippen LogP contribution in [0.5, 0.6) is 0 Å². The van der Waals surface area contributed by atoms with E-state index in [2.05, 4.69) is 0 Å². The van der Waals surface area contributed by atoms with E-state index in [1.807, 2.05) is 45.0 Å². The maximum absolute atomic E-state index is 11.7. The molecule has 1 unspecified atom stereocenters. The van der Waals surface area contributed by atoms with Gasteiger partial charge in [0, 0.05) is 16.8 Å². The molecule has 4 heteroatoms. The summed E-state index contributed by atoms with van der Waals surface area (Å²) in [5.74, 6) is 0.0912. The van der Waals surface area contributed by atoms with Crippen LogP contribution in [0.25, 0.3) is 0 Å². The Morgan fingerprint density at radius 2 is 1.94 bits per heavy atom. The fourth-order valence-corrected chi connectivity index (χ4v) is 2.28. The van der Waals surface area contributed by atoms with E-state index >= 15 is 0 Å². The third-order valence-corrected chi connectivity index (χ3v) is 3.34. The molecule has 17 heavy (non-hydrogen) atoms. The minimum Gasteiger partial charge on any atom is -0.397 e. The van der Waals surface area contributed by atoms with Crippen molar-refractivity contribution in [1.82, 2.24) is 0 Å². The van der Waals surface area contributed by atoms with Crippen molar-refractivity contribution in [1.29, 1.82) is 0 Å². The largest absolute Gasteiger partial charge is 0.397 e. The molecule has 0 fully saturated rings. The Balaban J connectivity index is 2.37. The van der Waals surface area contributed by atoms with E-state index < -0.39 is 5.60 Å². The van der Waals surface area contributed by atoms with Crippen molar-refractivity contribution in [3.63, 3.8) is 0 Å². The van der Waals surface area contributed by atoms with Crippen molar-refractivity contribution in [3.8, 4) is 0 Å². The first-order valence-electron chi connectivity index (χ1n) is 5.64. The molecule has 0 N–H and O–H groups in total. The molecule has 1 aliphatic heterocycles. The standard InChI is InChI=1S/C13H16ClNO2/c1-9-12(8-13(2,3)17-15(9)16)10-4-6-11(14)7-5-10/h4-7,12H,8H2,1-3H3. The highest BCUT2D eigenvalue weighted by Gasteiger charge is 2.36. The first-order chi connectivity index (χ1) is 7.89. The molecule has 3 nitrogen and oxygen atoms in total. The highest BCUT2D eigenvalue weighted by atomic mass is 35.5. The first kappa shape index (κ1) is 12.2. The summed E-state index contributed by atoms with van der Waals surface area (Å²) < 4.78 is 0. The minimum atomic E-state index is -0.439. The zero-order chi connectivity index (χ0) is 12.6. The third kappa shape index (κ3) is 2.55. The molecule has 0 spiro atoms. The summed E-state index contributed by atoms with van der Waals surface area (Å²) >= 11 is 5.87. The van der Waals surface area contributed by atoms with E-state index in [1.165, 1.54) is 0 Å². The quantitative estimate of drug-likeness (QED) is 0.718. The van der Waals surface area contributed by atoms with Crippen LogP contribution in [0, 0.1) is 5.21 Å². The topological polar surface area (TPSA) is 35.3 Å².